The number of nitrogens with one attached hydrogen (secondary N) is 2. The van der Waals surface area contributed by atoms with Crippen molar-refractivity contribution in [1.29, 1.82) is 0 Å². The average molecular weight is 381 g/mol. The number of carboxylic acid groups (broad SMARTS) is 1. The van der Waals surface area contributed by atoms with Crippen molar-refractivity contribution in [3.8, 4) is 0 Å². The van der Waals surface area contributed by atoms with Crippen LogP contribution in [0.5, 0.6) is 0 Å². The van der Waals surface area contributed by atoms with Crippen LogP contribution in [-0.4, -0.2) is 35.5 Å². The number of aliphatic carboxylic acids is 1. The Morgan fingerprint density at radius 1 is 1.23 bits per heavy atom. The van der Waals surface area contributed by atoms with E-state index in [1.54, 1.807) is 11.3 Å². The Morgan fingerprint density at radius 2 is 1.92 bits per heavy atom. The number of thiophene rings is 1. The van der Waals surface area contributed by atoms with Crippen LogP contribution in [0.3, 0.4) is 0 Å². The first-order valence-corrected chi connectivity index (χ1v) is 10.1. The van der Waals surface area contributed by atoms with Crippen LogP contribution in [0.4, 0.5) is 0 Å². The van der Waals surface area contributed by atoms with Crippen LogP contribution >= 0.6 is 11.3 Å². The van der Waals surface area contributed by atoms with Gasteiger partial charge in [0.15, 0.2) is 0 Å². The van der Waals surface area contributed by atoms with Crippen molar-refractivity contribution in [3.63, 3.8) is 0 Å². The second kappa shape index (κ2) is 9.16. The van der Waals surface area contributed by atoms with Gasteiger partial charge in [-0.05, 0) is 36.6 Å². The SMILES string of the molecule is CC(C)C[C@H](NC(=O)CNC(=O)C1(c2cccs2)CCCCC1)C(=O)O. The lowest BCUT2D eigenvalue weighted by molar-refractivity contribution is -0.142. The van der Waals surface area contributed by atoms with E-state index in [1.165, 1.54) is 0 Å². The van der Waals surface area contributed by atoms with E-state index in [0.29, 0.717) is 6.42 Å². The zero-order chi connectivity index (χ0) is 19.2. The third-order valence-corrected chi connectivity index (χ3v) is 5.96. The van der Waals surface area contributed by atoms with Gasteiger partial charge in [0.2, 0.25) is 11.8 Å². The summed E-state index contributed by atoms with van der Waals surface area (Å²) < 4.78 is 0. The first-order chi connectivity index (χ1) is 12.3. The number of rotatable bonds is 8. The Balaban J connectivity index is 1.97. The number of carbonyl (C=O) groups is 3. The number of amides is 2. The second-order valence-corrected chi connectivity index (χ2v) is 8.34. The smallest absolute Gasteiger partial charge is 0.326 e. The van der Waals surface area contributed by atoms with Gasteiger partial charge < -0.3 is 15.7 Å². The first kappa shape index (κ1) is 20.4. The average Bonchev–Trinajstić information content (AvgIpc) is 3.14. The van der Waals surface area contributed by atoms with E-state index in [0.717, 1.165) is 37.0 Å². The largest absolute Gasteiger partial charge is 0.480 e. The Bertz CT molecular complexity index is 621. The lowest BCUT2D eigenvalue weighted by atomic mass is 9.72. The van der Waals surface area contributed by atoms with Gasteiger partial charge in [0.25, 0.3) is 0 Å². The van der Waals surface area contributed by atoms with Crippen molar-refractivity contribution < 1.29 is 19.5 Å². The van der Waals surface area contributed by atoms with Crippen molar-refractivity contribution in [2.75, 3.05) is 6.54 Å². The molecule has 26 heavy (non-hydrogen) atoms. The quantitative estimate of drug-likeness (QED) is 0.646. The van der Waals surface area contributed by atoms with Crippen LogP contribution in [-0.2, 0) is 19.8 Å². The summed E-state index contributed by atoms with van der Waals surface area (Å²) in [5.74, 6) is -1.51. The Hall–Kier alpha value is -1.89. The Labute approximate surface area is 158 Å². The van der Waals surface area contributed by atoms with Crippen LogP contribution in [0, 0.1) is 5.92 Å². The molecule has 1 heterocycles. The molecule has 6 nitrogen and oxygen atoms in total. The minimum Gasteiger partial charge on any atom is -0.480 e. The molecule has 0 radical (unpaired) electrons. The highest BCUT2D eigenvalue weighted by Crippen LogP contribution is 2.41. The van der Waals surface area contributed by atoms with E-state index in [2.05, 4.69) is 10.6 Å². The minimum absolute atomic E-state index is 0.134. The molecule has 144 valence electrons. The fraction of sp³-hybridized carbons (Fsp3) is 0.632. The lowest BCUT2D eigenvalue weighted by Gasteiger charge is -2.35. The molecule has 7 heteroatoms. The van der Waals surface area contributed by atoms with Gasteiger partial charge in [-0.2, -0.15) is 0 Å². The monoisotopic (exact) mass is 380 g/mol. The summed E-state index contributed by atoms with van der Waals surface area (Å²) in [7, 11) is 0. The molecule has 3 N–H and O–H groups in total. The maximum absolute atomic E-state index is 12.9. The predicted octanol–water partition coefficient (Wildman–Crippen LogP) is 2.68. The van der Waals surface area contributed by atoms with Crippen LogP contribution < -0.4 is 10.6 Å². The van der Waals surface area contributed by atoms with Gasteiger partial charge in [0.05, 0.1) is 12.0 Å². The van der Waals surface area contributed by atoms with Gasteiger partial charge >= 0.3 is 5.97 Å². The van der Waals surface area contributed by atoms with Crippen LogP contribution in [0.15, 0.2) is 17.5 Å². The van der Waals surface area contributed by atoms with E-state index in [9.17, 15) is 19.5 Å². The first-order valence-electron chi connectivity index (χ1n) is 9.19. The molecule has 0 aromatic carbocycles. The Morgan fingerprint density at radius 3 is 2.46 bits per heavy atom. The van der Waals surface area contributed by atoms with Gasteiger partial charge in [-0.15, -0.1) is 11.3 Å². The molecule has 1 saturated carbocycles. The molecule has 1 aromatic heterocycles. The van der Waals surface area contributed by atoms with Gasteiger partial charge in [-0.3, -0.25) is 9.59 Å². The zero-order valence-electron chi connectivity index (χ0n) is 15.4. The molecule has 1 aliphatic rings. The van der Waals surface area contributed by atoms with Crippen molar-refractivity contribution in [2.45, 2.75) is 63.8 Å². The highest BCUT2D eigenvalue weighted by atomic mass is 32.1. The topological polar surface area (TPSA) is 95.5 Å². The fourth-order valence-electron chi connectivity index (χ4n) is 3.56. The van der Waals surface area contributed by atoms with Crippen LogP contribution in [0.1, 0.15) is 57.2 Å². The van der Waals surface area contributed by atoms with Gasteiger partial charge in [-0.25, -0.2) is 4.79 Å². The summed E-state index contributed by atoms with van der Waals surface area (Å²) >= 11 is 1.57. The van der Waals surface area contributed by atoms with Gasteiger partial charge in [0, 0.05) is 4.88 Å². The fourth-order valence-corrected chi connectivity index (χ4v) is 4.54. The van der Waals surface area contributed by atoms with Crippen LogP contribution in [0.2, 0.25) is 0 Å². The molecule has 1 aliphatic carbocycles. The summed E-state index contributed by atoms with van der Waals surface area (Å²) in [4.78, 5) is 37.4. The number of hydrogen-bond donors (Lipinski definition) is 3. The summed E-state index contributed by atoms with van der Waals surface area (Å²) in [5.41, 5.74) is -0.559. The van der Waals surface area contributed by atoms with E-state index < -0.39 is 23.3 Å². The molecule has 1 aromatic rings. The molecule has 1 fully saturated rings. The van der Waals surface area contributed by atoms with Crippen molar-refractivity contribution >= 4 is 29.1 Å². The lowest BCUT2D eigenvalue weighted by Crippen LogP contribution is -2.50. The maximum atomic E-state index is 12.9. The second-order valence-electron chi connectivity index (χ2n) is 7.39. The van der Waals surface area contributed by atoms with E-state index in [1.807, 2.05) is 31.4 Å². The highest BCUT2D eigenvalue weighted by Gasteiger charge is 2.42. The summed E-state index contributed by atoms with van der Waals surface area (Å²) in [6.07, 6.45) is 5.03. The molecule has 2 amide bonds. The molecule has 0 saturated heterocycles. The van der Waals surface area contributed by atoms with Gasteiger partial charge in [0.1, 0.15) is 6.04 Å². The summed E-state index contributed by atoms with van der Waals surface area (Å²) in [5, 5.41) is 16.4. The normalized spacial score (nSPS) is 17.5. The van der Waals surface area contributed by atoms with Crippen LogP contribution in [0.25, 0.3) is 0 Å². The molecular formula is C19H28N2O4S. The third-order valence-electron chi connectivity index (χ3n) is 4.88. The molecule has 0 spiro atoms. The minimum atomic E-state index is -1.05. The standard InChI is InChI=1S/C19H28N2O4S/c1-13(2)11-14(17(23)24)21-16(22)12-20-18(25)19(8-4-3-5-9-19)15-7-6-10-26-15/h6-7,10,13-14H,3-5,8-9,11-12H2,1-2H3,(H,20,25)(H,21,22)(H,23,24)/t14-/m0/s1. The summed E-state index contributed by atoms with van der Waals surface area (Å²) in [6.45, 7) is 3.60. The maximum Gasteiger partial charge on any atom is 0.326 e. The predicted molar refractivity (Wildman–Crippen MR) is 101 cm³/mol. The van der Waals surface area contributed by atoms with Crippen molar-refractivity contribution in [2.24, 2.45) is 5.92 Å². The van der Waals surface area contributed by atoms with E-state index >= 15 is 0 Å². The van der Waals surface area contributed by atoms with Gasteiger partial charge in [-0.1, -0.05) is 39.2 Å². The molecule has 0 unspecified atom stereocenters. The molecular weight excluding hydrogens is 352 g/mol. The number of carbonyl (C=O) groups excluding carboxylic acids is 2. The Kier molecular flexibility index (Phi) is 7.20. The number of carboxylic acids is 1. The zero-order valence-corrected chi connectivity index (χ0v) is 16.2. The van der Waals surface area contributed by atoms with Crippen molar-refractivity contribution in [3.05, 3.63) is 22.4 Å². The van der Waals surface area contributed by atoms with Crippen molar-refractivity contribution in [1.82, 2.24) is 10.6 Å². The third kappa shape index (κ3) is 5.06. The highest BCUT2D eigenvalue weighted by molar-refractivity contribution is 7.10. The van der Waals surface area contributed by atoms with E-state index in [4.69, 9.17) is 0 Å². The van der Waals surface area contributed by atoms with E-state index in [-0.39, 0.29) is 18.4 Å². The summed E-state index contributed by atoms with van der Waals surface area (Å²) in [6, 6.07) is 3.00. The molecule has 2 rings (SSSR count). The number of hydrogen-bond acceptors (Lipinski definition) is 4. The molecule has 0 bridgehead atoms. The molecule has 0 aliphatic heterocycles. The molecule has 1 atom stereocenters.